The van der Waals surface area contributed by atoms with Crippen molar-refractivity contribution in [2.24, 2.45) is 0 Å². The lowest BCUT2D eigenvalue weighted by Gasteiger charge is -2.16. The summed E-state index contributed by atoms with van der Waals surface area (Å²) in [6, 6.07) is 15.4. The van der Waals surface area contributed by atoms with E-state index in [2.05, 4.69) is 10.6 Å². The van der Waals surface area contributed by atoms with Gasteiger partial charge in [-0.25, -0.2) is 0 Å². The Bertz CT molecular complexity index is 1130. The second kappa shape index (κ2) is 8.71. The number of furan rings is 1. The van der Waals surface area contributed by atoms with Gasteiger partial charge in [0.05, 0.1) is 6.26 Å². The van der Waals surface area contributed by atoms with Crippen LogP contribution in [-0.4, -0.2) is 18.4 Å². The third kappa shape index (κ3) is 4.79. The number of nitrogens with one attached hydrogen (secondary N) is 2. The molecule has 0 spiro atoms. The Morgan fingerprint density at radius 3 is 2.50 bits per heavy atom. The molecule has 150 valence electrons. The van der Waals surface area contributed by atoms with Gasteiger partial charge >= 0.3 is 0 Å². The summed E-state index contributed by atoms with van der Waals surface area (Å²) in [4.78, 5) is 24.2. The Labute approximate surface area is 177 Å². The van der Waals surface area contributed by atoms with Gasteiger partial charge in [-0.2, -0.15) is 0 Å². The van der Waals surface area contributed by atoms with E-state index in [0.29, 0.717) is 23.0 Å². The maximum atomic E-state index is 12.2. The molecule has 0 bridgehead atoms. The second-order valence-corrected chi connectivity index (χ2v) is 6.96. The summed E-state index contributed by atoms with van der Waals surface area (Å²) in [5, 5.41) is 6.11. The van der Waals surface area contributed by atoms with Crippen molar-refractivity contribution < 1.29 is 18.7 Å². The lowest BCUT2D eigenvalue weighted by atomic mass is 10.1. The number of rotatable bonds is 5. The van der Waals surface area contributed by atoms with Gasteiger partial charge < -0.3 is 19.8 Å². The van der Waals surface area contributed by atoms with E-state index >= 15 is 0 Å². The molecule has 0 radical (unpaired) electrons. The fraction of sp³-hybridized carbons (Fsp3) is 0.0435. The molecule has 0 saturated carbocycles. The van der Waals surface area contributed by atoms with Gasteiger partial charge in [-0.3, -0.25) is 9.59 Å². The van der Waals surface area contributed by atoms with Crippen molar-refractivity contribution in [2.75, 3.05) is 17.2 Å². The Morgan fingerprint density at radius 2 is 1.77 bits per heavy atom. The second-order valence-electron chi connectivity index (χ2n) is 6.52. The molecule has 30 heavy (non-hydrogen) atoms. The predicted octanol–water partition coefficient (Wildman–Crippen LogP) is 5.16. The molecule has 1 aliphatic rings. The Kier molecular flexibility index (Phi) is 5.68. The van der Waals surface area contributed by atoms with E-state index in [1.165, 1.54) is 12.3 Å². The first-order chi connectivity index (χ1) is 14.6. The zero-order valence-corrected chi connectivity index (χ0v) is 16.5. The van der Waals surface area contributed by atoms with E-state index in [9.17, 15) is 9.59 Å². The van der Waals surface area contributed by atoms with E-state index in [-0.39, 0.29) is 17.6 Å². The molecule has 4 rings (SSSR count). The normalized spacial score (nSPS) is 12.6. The molecule has 6 nitrogen and oxygen atoms in total. The average Bonchev–Trinajstić information content (AvgIpc) is 3.28. The number of carbonyl (C=O) groups excluding carboxylic acids is 2. The summed E-state index contributed by atoms with van der Waals surface area (Å²) in [6.45, 7) is 0.377. The summed E-state index contributed by atoms with van der Waals surface area (Å²) in [6.07, 6.45) is 6.52. The largest absolute Gasteiger partial charge is 0.488 e. The zero-order chi connectivity index (χ0) is 20.9. The van der Waals surface area contributed by atoms with Crippen molar-refractivity contribution in [3.8, 4) is 5.75 Å². The lowest BCUT2D eigenvalue weighted by Crippen LogP contribution is -2.11. The molecule has 2 heterocycles. The number of carbonyl (C=O) groups is 2. The van der Waals surface area contributed by atoms with Crippen LogP contribution in [0.25, 0.3) is 6.08 Å². The van der Waals surface area contributed by atoms with E-state index in [4.69, 9.17) is 20.8 Å². The topological polar surface area (TPSA) is 80.6 Å². The minimum absolute atomic E-state index is 0.225. The highest BCUT2D eigenvalue weighted by atomic mass is 35.5. The number of hydrogen-bond donors (Lipinski definition) is 2. The van der Waals surface area contributed by atoms with Crippen molar-refractivity contribution >= 4 is 40.9 Å². The molecule has 2 N–H and O–H groups in total. The zero-order valence-electron chi connectivity index (χ0n) is 15.7. The van der Waals surface area contributed by atoms with Crippen LogP contribution in [0.3, 0.4) is 0 Å². The summed E-state index contributed by atoms with van der Waals surface area (Å²) >= 11 is 6.01. The highest BCUT2D eigenvalue weighted by molar-refractivity contribution is 6.30. The van der Waals surface area contributed by atoms with E-state index < -0.39 is 0 Å². The summed E-state index contributed by atoms with van der Waals surface area (Å²) < 4.78 is 10.7. The minimum Gasteiger partial charge on any atom is -0.488 e. The first-order valence-corrected chi connectivity index (χ1v) is 9.51. The highest BCUT2D eigenvalue weighted by Gasteiger charge is 2.11. The standard InChI is InChI=1S/C23H17ClN2O4/c24-17-4-9-20-16(13-17)12-15(14-30-20)3-10-22(27)25-18-5-7-19(8-6-18)26-23(28)21-2-1-11-29-21/h1-13H,14H2,(H,25,27)(H,26,28)/b10-3+. The molecule has 0 fully saturated rings. The molecule has 0 unspecified atom stereocenters. The van der Waals surface area contributed by atoms with Gasteiger partial charge in [0.1, 0.15) is 12.4 Å². The molecule has 0 aliphatic carbocycles. The summed E-state index contributed by atoms with van der Waals surface area (Å²) in [7, 11) is 0. The quantitative estimate of drug-likeness (QED) is 0.559. The van der Waals surface area contributed by atoms with Crippen molar-refractivity contribution in [2.45, 2.75) is 0 Å². The molecular formula is C23H17ClN2O4. The molecule has 2 amide bonds. The van der Waals surface area contributed by atoms with Crippen LogP contribution in [-0.2, 0) is 4.79 Å². The fourth-order valence-corrected chi connectivity index (χ4v) is 3.05. The molecule has 2 aromatic carbocycles. The summed E-state index contributed by atoms with van der Waals surface area (Å²) in [5.74, 6) is 0.370. The number of anilines is 2. The Balaban J connectivity index is 1.34. The van der Waals surface area contributed by atoms with Gasteiger partial charge in [-0.15, -0.1) is 0 Å². The number of ether oxygens (including phenoxy) is 1. The number of hydrogen-bond acceptors (Lipinski definition) is 4. The number of amides is 2. The predicted molar refractivity (Wildman–Crippen MR) is 116 cm³/mol. The number of halogens is 1. The lowest BCUT2D eigenvalue weighted by molar-refractivity contribution is -0.111. The molecule has 0 atom stereocenters. The average molecular weight is 421 g/mol. The van der Waals surface area contributed by atoms with Crippen LogP contribution in [0.4, 0.5) is 11.4 Å². The Hall–Kier alpha value is -3.77. The van der Waals surface area contributed by atoms with Gasteiger partial charge in [0, 0.05) is 28.0 Å². The van der Waals surface area contributed by atoms with Crippen molar-refractivity contribution in [1.29, 1.82) is 0 Å². The van der Waals surface area contributed by atoms with Gasteiger partial charge in [0.2, 0.25) is 5.91 Å². The van der Waals surface area contributed by atoms with Crippen molar-refractivity contribution in [1.82, 2.24) is 0 Å². The monoisotopic (exact) mass is 420 g/mol. The van der Waals surface area contributed by atoms with Gasteiger partial charge in [0.25, 0.3) is 5.91 Å². The third-order valence-electron chi connectivity index (χ3n) is 4.31. The first kappa shape index (κ1) is 19.5. The smallest absolute Gasteiger partial charge is 0.291 e. The van der Waals surface area contributed by atoms with Gasteiger partial charge in [-0.1, -0.05) is 17.7 Å². The van der Waals surface area contributed by atoms with Crippen LogP contribution in [0, 0.1) is 0 Å². The van der Waals surface area contributed by atoms with E-state index in [1.807, 2.05) is 18.2 Å². The molecule has 3 aromatic rings. The Morgan fingerprint density at radius 1 is 1.00 bits per heavy atom. The SMILES string of the molecule is O=C(/C=C/C1=Cc2cc(Cl)ccc2OC1)Nc1ccc(NC(=O)c2ccco2)cc1. The fourth-order valence-electron chi connectivity index (χ4n) is 2.87. The van der Waals surface area contributed by atoms with Crippen LogP contribution in [0.5, 0.6) is 5.75 Å². The minimum atomic E-state index is -0.342. The van der Waals surface area contributed by atoms with Crippen molar-refractivity contribution in [3.05, 3.63) is 94.9 Å². The third-order valence-corrected chi connectivity index (χ3v) is 4.55. The van der Waals surface area contributed by atoms with Gasteiger partial charge in [-0.05, 0) is 66.2 Å². The maximum absolute atomic E-state index is 12.2. The van der Waals surface area contributed by atoms with Crippen LogP contribution >= 0.6 is 11.6 Å². The van der Waals surface area contributed by atoms with Crippen LogP contribution in [0.15, 0.2) is 83.0 Å². The van der Waals surface area contributed by atoms with Crippen molar-refractivity contribution in [3.63, 3.8) is 0 Å². The highest BCUT2D eigenvalue weighted by Crippen LogP contribution is 2.29. The van der Waals surface area contributed by atoms with Crippen LogP contribution in [0.1, 0.15) is 16.1 Å². The maximum Gasteiger partial charge on any atom is 0.291 e. The number of benzene rings is 2. The molecular weight excluding hydrogens is 404 g/mol. The summed E-state index contributed by atoms with van der Waals surface area (Å²) in [5.41, 5.74) is 2.93. The number of fused-ring (bicyclic) bond motifs is 1. The molecule has 1 aromatic heterocycles. The van der Waals surface area contributed by atoms with Gasteiger partial charge in [0.15, 0.2) is 5.76 Å². The first-order valence-electron chi connectivity index (χ1n) is 9.14. The van der Waals surface area contributed by atoms with E-state index in [0.717, 1.165) is 16.9 Å². The molecule has 7 heteroatoms. The van der Waals surface area contributed by atoms with Crippen LogP contribution in [0.2, 0.25) is 5.02 Å². The molecule has 1 aliphatic heterocycles. The van der Waals surface area contributed by atoms with E-state index in [1.54, 1.807) is 48.5 Å². The molecule has 0 saturated heterocycles. The van der Waals surface area contributed by atoms with Crippen LogP contribution < -0.4 is 15.4 Å².